The van der Waals surface area contributed by atoms with Gasteiger partial charge in [-0.2, -0.15) is 13.2 Å². The SMILES string of the molecule is O=S(=O)(Nc1cc(F)ccc1F)c1cccc(C(F)(F)F)c1. The van der Waals surface area contributed by atoms with Gasteiger partial charge in [0.05, 0.1) is 16.1 Å². The fourth-order valence-corrected chi connectivity index (χ4v) is 2.72. The molecule has 118 valence electrons. The van der Waals surface area contributed by atoms with Gasteiger partial charge in [0.15, 0.2) is 0 Å². The number of benzene rings is 2. The zero-order chi connectivity index (χ0) is 16.5. The van der Waals surface area contributed by atoms with Gasteiger partial charge in [-0.3, -0.25) is 4.72 Å². The van der Waals surface area contributed by atoms with E-state index in [1.54, 1.807) is 4.72 Å². The lowest BCUT2D eigenvalue weighted by molar-refractivity contribution is -0.137. The summed E-state index contributed by atoms with van der Waals surface area (Å²) in [6.07, 6.45) is -4.73. The second-order valence-corrected chi connectivity index (χ2v) is 5.94. The largest absolute Gasteiger partial charge is 0.416 e. The van der Waals surface area contributed by atoms with Crippen LogP contribution in [-0.4, -0.2) is 8.42 Å². The van der Waals surface area contributed by atoms with Crippen LogP contribution in [0.1, 0.15) is 5.56 Å². The van der Waals surface area contributed by atoms with Crippen LogP contribution in [0, 0.1) is 11.6 Å². The predicted octanol–water partition coefficient (Wildman–Crippen LogP) is 3.78. The number of sulfonamides is 1. The summed E-state index contributed by atoms with van der Waals surface area (Å²) >= 11 is 0. The van der Waals surface area contributed by atoms with E-state index in [0.29, 0.717) is 24.3 Å². The molecule has 0 amide bonds. The van der Waals surface area contributed by atoms with Gasteiger partial charge in [0.1, 0.15) is 11.6 Å². The Bertz CT molecular complexity index is 802. The zero-order valence-electron chi connectivity index (χ0n) is 10.7. The van der Waals surface area contributed by atoms with Gasteiger partial charge in [-0.25, -0.2) is 17.2 Å². The highest BCUT2D eigenvalue weighted by molar-refractivity contribution is 7.92. The highest BCUT2D eigenvalue weighted by Crippen LogP contribution is 2.31. The minimum absolute atomic E-state index is 0.402. The van der Waals surface area contributed by atoms with Crippen molar-refractivity contribution in [1.82, 2.24) is 0 Å². The van der Waals surface area contributed by atoms with Gasteiger partial charge in [-0.1, -0.05) is 6.07 Å². The van der Waals surface area contributed by atoms with Crippen LogP contribution in [0.25, 0.3) is 0 Å². The summed E-state index contributed by atoms with van der Waals surface area (Å²) in [6, 6.07) is 4.96. The third kappa shape index (κ3) is 3.53. The lowest BCUT2D eigenvalue weighted by Gasteiger charge is -2.11. The van der Waals surface area contributed by atoms with Gasteiger partial charge in [0.2, 0.25) is 0 Å². The highest BCUT2D eigenvalue weighted by Gasteiger charge is 2.31. The fraction of sp³-hybridized carbons (Fsp3) is 0.0769. The number of halogens is 5. The summed E-state index contributed by atoms with van der Waals surface area (Å²) in [6.45, 7) is 0. The van der Waals surface area contributed by atoms with Crippen LogP contribution in [0.3, 0.4) is 0 Å². The third-order valence-electron chi connectivity index (χ3n) is 2.64. The van der Waals surface area contributed by atoms with E-state index in [2.05, 4.69) is 0 Å². The second kappa shape index (κ2) is 5.56. The molecule has 0 saturated carbocycles. The Kier molecular flexibility index (Phi) is 4.10. The quantitative estimate of drug-likeness (QED) is 0.867. The fourth-order valence-electron chi connectivity index (χ4n) is 1.62. The van der Waals surface area contributed by atoms with E-state index in [1.807, 2.05) is 0 Å². The molecule has 22 heavy (non-hydrogen) atoms. The Morgan fingerprint density at radius 2 is 1.64 bits per heavy atom. The molecule has 1 N–H and O–H groups in total. The highest BCUT2D eigenvalue weighted by atomic mass is 32.2. The maximum atomic E-state index is 13.4. The van der Waals surface area contributed by atoms with E-state index in [0.717, 1.165) is 18.2 Å². The van der Waals surface area contributed by atoms with Crippen molar-refractivity contribution < 1.29 is 30.4 Å². The van der Waals surface area contributed by atoms with E-state index >= 15 is 0 Å². The molecule has 0 heterocycles. The van der Waals surface area contributed by atoms with Gasteiger partial charge in [0, 0.05) is 6.07 Å². The Balaban J connectivity index is 2.41. The smallest absolute Gasteiger partial charge is 0.277 e. The van der Waals surface area contributed by atoms with E-state index < -0.39 is 44.0 Å². The van der Waals surface area contributed by atoms with Crippen molar-refractivity contribution in [3.05, 3.63) is 59.7 Å². The molecule has 0 saturated heterocycles. The number of nitrogens with one attached hydrogen (secondary N) is 1. The molecule has 0 aliphatic carbocycles. The molecule has 0 unspecified atom stereocenters. The van der Waals surface area contributed by atoms with Crippen molar-refractivity contribution in [3.63, 3.8) is 0 Å². The molecule has 9 heteroatoms. The minimum atomic E-state index is -4.73. The molecule has 3 nitrogen and oxygen atoms in total. The first-order valence-corrected chi connectivity index (χ1v) is 7.23. The lowest BCUT2D eigenvalue weighted by atomic mass is 10.2. The molecule has 0 aromatic heterocycles. The Morgan fingerprint density at radius 3 is 2.27 bits per heavy atom. The number of anilines is 1. The summed E-state index contributed by atoms with van der Waals surface area (Å²) in [5, 5.41) is 0. The molecule has 2 aromatic carbocycles. The van der Waals surface area contributed by atoms with E-state index in [4.69, 9.17) is 0 Å². The first-order valence-electron chi connectivity index (χ1n) is 5.75. The predicted molar refractivity (Wildman–Crippen MR) is 68.6 cm³/mol. The summed E-state index contributed by atoms with van der Waals surface area (Å²) in [5.74, 6) is -1.96. The normalized spacial score (nSPS) is 12.2. The van der Waals surface area contributed by atoms with E-state index in [-0.39, 0.29) is 0 Å². The number of rotatable bonds is 3. The Labute approximate surface area is 122 Å². The van der Waals surface area contributed by atoms with Gasteiger partial charge in [0.25, 0.3) is 10.0 Å². The molecule has 0 atom stereocenters. The lowest BCUT2D eigenvalue weighted by Crippen LogP contribution is -2.15. The third-order valence-corrected chi connectivity index (χ3v) is 4.01. The molecule has 0 aliphatic heterocycles. The minimum Gasteiger partial charge on any atom is -0.277 e. The standard InChI is InChI=1S/C13H8F5NO2S/c14-9-4-5-11(15)12(7-9)19-22(20,21)10-3-1-2-8(6-10)13(16,17)18/h1-7,19H. The Hall–Kier alpha value is -2.16. The maximum Gasteiger partial charge on any atom is 0.416 e. The summed E-state index contributed by atoms with van der Waals surface area (Å²) in [7, 11) is -4.49. The first-order chi connectivity index (χ1) is 10.1. The second-order valence-electron chi connectivity index (χ2n) is 4.26. The average molecular weight is 337 g/mol. The topological polar surface area (TPSA) is 46.2 Å². The number of hydrogen-bond donors (Lipinski definition) is 1. The summed E-state index contributed by atoms with van der Waals surface area (Å²) in [4.78, 5) is -0.717. The van der Waals surface area contributed by atoms with Crippen LogP contribution in [0.5, 0.6) is 0 Å². The molecule has 2 aromatic rings. The molecule has 0 radical (unpaired) electrons. The molecule has 0 spiro atoms. The molecule has 0 bridgehead atoms. The van der Waals surface area contributed by atoms with Crippen molar-refractivity contribution >= 4 is 15.7 Å². The molecule has 2 rings (SSSR count). The molecular weight excluding hydrogens is 329 g/mol. The van der Waals surface area contributed by atoms with Crippen LogP contribution < -0.4 is 4.72 Å². The monoisotopic (exact) mass is 337 g/mol. The van der Waals surface area contributed by atoms with Crippen molar-refractivity contribution in [3.8, 4) is 0 Å². The van der Waals surface area contributed by atoms with Crippen LogP contribution in [-0.2, 0) is 16.2 Å². The van der Waals surface area contributed by atoms with E-state index in [9.17, 15) is 30.4 Å². The number of hydrogen-bond acceptors (Lipinski definition) is 2. The summed E-state index contributed by atoms with van der Waals surface area (Å²) < 4.78 is 89.8. The summed E-state index contributed by atoms with van der Waals surface area (Å²) in [5.41, 5.74) is -1.87. The van der Waals surface area contributed by atoms with Crippen molar-refractivity contribution in [2.24, 2.45) is 0 Å². The van der Waals surface area contributed by atoms with Gasteiger partial charge in [-0.05, 0) is 30.3 Å². The van der Waals surface area contributed by atoms with Gasteiger partial charge >= 0.3 is 6.18 Å². The van der Waals surface area contributed by atoms with Gasteiger partial charge < -0.3 is 0 Å². The number of alkyl halides is 3. The van der Waals surface area contributed by atoms with Gasteiger partial charge in [-0.15, -0.1) is 0 Å². The molecule has 0 aliphatic rings. The van der Waals surface area contributed by atoms with Crippen molar-refractivity contribution in [1.29, 1.82) is 0 Å². The first kappa shape index (κ1) is 16.2. The van der Waals surface area contributed by atoms with Crippen molar-refractivity contribution in [2.45, 2.75) is 11.1 Å². The average Bonchev–Trinajstić information content (AvgIpc) is 2.42. The van der Waals surface area contributed by atoms with Crippen LogP contribution in [0.4, 0.5) is 27.6 Å². The van der Waals surface area contributed by atoms with E-state index in [1.165, 1.54) is 0 Å². The van der Waals surface area contributed by atoms with Crippen LogP contribution >= 0.6 is 0 Å². The van der Waals surface area contributed by atoms with Crippen molar-refractivity contribution in [2.75, 3.05) is 4.72 Å². The van der Waals surface area contributed by atoms with Crippen LogP contribution in [0.2, 0.25) is 0 Å². The Morgan fingerprint density at radius 1 is 0.955 bits per heavy atom. The van der Waals surface area contributed by atoms with Crippen LogP contribution in [0.15, 0.2) is 47.4 Å². The maximum absolute atomic E-state index is 13.4. The zero-order valence-corrected chi connectivity index (χ0v) is 11.5. The molecular formula is C13H8F5NO2S. The molecule has 0 fully saturated rings.